The number of halogens is 1. The molecule has 0 unspecified atom stereocenters. The Morgan fingerprint density at radius 2 is 1.97 bits per heavy atom. The Morgan fingerprint density at radius 1 is 1.23 bits per heavy atom. The predicted octanol–water partition coefficient (Wildman–Crippen LogP) is 4.14. The number of aromatic nitrogens is 1. The molecule has 158 valence electrons. The van der Waals surface area contributed by atoms with Crippen LogP contribution in [0.4, 0.5) is 5.69 Å². The number of ether oxygens (including phenoxy) is 1. The minimum Gasteiger partial charge on any atom is -0.455 e. The van der Waals surface area contributed by atoms with Crippen LogP contribution in [0, 0.1) is 6.92 Å². The smallest absolute Gasteiger partial charge is 0.260 e. The third-order valence-corrected chi connectivity index (χ3v) is 6.00. The van der Waals surface area contributed by atoms with Crippen LogP contribution in [0.25, 0.3) is 10.2 Å². The highest BCUT2D eigenvalue weighted by Gasteiger charge is 2.20. The van der Waals surface area contributed by atoms with E-state index in [9.17, 15) is 9.59 Å². The zero-order chi connectivity index (χ0) is 22.0. The standard InChI is InChI=1S/C21H23ClN4O3S/c1-11-9-15(17-18(23)19(20(24)28)30-21(17)25-11)29-14-8-7-12(10-13(14)22)5-4-6-16(27)26(2)3/h7-10H,4-6,23H2,1-3H3,(H2,24,28). The number of aryl methyl sites for hydroxylation is 2. The molecule has 0 fully saturated rings. The molecule has 7 nitrogen and oxygen atoms in total. The number of hydrogen-bond donors (Lipinski definition) is 2. The second kappa shape index (κ2) is 8.89. The van der Waals surface area contributed by atoms with Crippen LogP contribution in [0.2, 0.25) is 5.02 Å². The SMILES string of the molecule is Cc1cc(Oc2ccc(CCCC(=O)N(C)C)cc2Cl)c2c(N)c(C(N)=O)sc2n1. The maximum Gasteiger partial charge on any atom is 0.260 e. The van der Waals surface area contributed by atoms with Gasteiger partial charge in [-0.15, -0.1) is 11.3 Å². The fourth-order valence-electron chi connectivity index (χ4n) is 3.03. The Balaban J connectivity index is 1.84. The first-order valence-corrected chi connectivity index (χ1v) is 10.5. The molecule has 0 aliphatic rings. The number of amides is 2. The normalized spacial score (nSPS) is 10.9. The summed E-state index contributed by atoms with van der Waals surface area (Å²) in [6, 6.07) is 7.27. The van der Waals surface area contributed by atoms with Crippen molar-refractivity contribution in [3.8, 4) is 11.5 Å². The van der Waals surface area contributed by atoms with Gasteiger partial charge in [0, 0.05) is 32.3 Å². The number of carbonyl (C=O) groups excluding carboxylic acids is 2. The summed E-state index contributed by atoms with van der Waals surface area (Å²) in [5, 5.41) is 0.986. The second-order valence-corrected chi connectivity index (χ2v) is 8.57. The lowest BCUT2D eigenvalue weighted by atomic mass is 10.1. The van der Waals surface area contributed by atoms with Gasteiger partial charge in [0.15, 0.2) is 0 Å². The van der Waals surface area contributed by atoms with Gasteiger partial charge in [-0.1, -0.05) is 17.7 Å². The molecule has 1 aromatic carbocycles. The number of primary amides is 1. The lowest BCUT2D eigenvalue weighted by molar-refractivity contribution is -0.128. The summed E-state index contributed by atoms with van der Waals surface area (Å²) in [5.74, 6) is 0.420. The van der Waals surface area contributed by atoms with Gasteiger partial charge in [-0.3, -0.25) is 9.59 Å². The van der Waals surface area contributed by atoms with Crippen molar-refractivity contribution in [3.05, 3.63) is 45.4 Å². The number of pyridine rings is 1. The van der Waals surface area contributed by atoms with Gasteiger partial charge < -0.3 is 21.1 Å². The third kappa shape index (κ3) is 4.66. The quantitative estimate of drug-likeness (QED) is 0.566. The van der Waals surface area contributed by atoms with Crippen molar-refractivity contribution in [3.63, 3.8) is 0 Å². The Kier molecular flexibility index (Phi) is 6.48. The molecule has 2 aromatic heterocycles. The summed E-state index contributed by atoms with van der Waals surface area (Å²) in [6.45, 7) is 1.83. The Bertz CT molecular complexity index is 1130. The first-order valence-electron chi connectivity index (χ1n) is 9.33. The number of nitrogens with two attached hydrogens (primary N) is 2. The fourth-order valence-corrected chi connectivity index (χ4v) is 4.28. The van der Waals surface area contributed by atoms with E-state index in [1.54, 1.807) is 31.1 Å². The van der Waals surface area contributed by atoms with E-state index in [1.807, 2.05) is 19.1 Å². The van der Waals surface area contributed by atoms with E-state index in [0.29, 0.717) is 38.9 Å². The third-order valence-electron chi connectivity index (χ3n) is 4.59. The molecule has 0 aliphatic heterocycles. The summed E-state index contributed by atoms with van der Waals surface area (Å²) in [5.41, 5.74) is 13.5. The second-order valence-electron chi connectivity index (χ2n) is 7.16. The zero-order valence-corrected chi connectivity index (χ0v) is 18.6. The van der Waals surface area contributed by atoms with Crippen molar-refractivity contribution in [1.82, 2.24) is 9.88 Å². The summed E-state index contributed by atoms with van der Waals surface area (Å²) in [7, 11) is 3.49. The highest BCUT2D eigenvalue weighted by molar-refractivity contribution is 7.21. The predicted molar refractivity (Wildman–Crippen MR) is 120 cm³/mol. The summed E-state index contributed by atoms with van der Waals surface area (Å²) < 4.78 is 6.05. The number of benzene rings is 1. The van der Waals surface area contributed by atoms with Gasteiger partial charge in [-0.2, -0.15) is 0 Å². The molecule has 0 atom stereocenters. The van der Waals surface area contributed by atoms with Gasteiger partial charge in [0.2, 0.25) is 5.91 Å². The highest BCUT2D eigenvalue weighted by Crippen LogP contribution is 2.41. The van der Waals surface area contributed by atoms with Crippen LogP contribution < -0.4 is 16.2 Å². The number of fused-ring (bicyclic) bond motifs is 1. The van der Waals surface area contributed by atoms with Crippen molar-refractivity contribution >= 4 is 50.7 Å². The monoisotopic (exact) mass is 446 g/mol. The largest absolute Gasteiger partial charge is 0.455 e. The summed E-state index contributed by atoms with van der Waals surface area (Å²) >= 11 is 7.58. The van der Waals surface area contributed by atoms with E-state index >= 15 is 0 Å². The topological polar surface area (TPSA) is 112 Å². The van der Waals surface area contributed by atoms with E-state index in [0.717, 1.165) is 29.7 Å². The van der Waals surface area contributed by atoms with E-state index in [-0.39, 0.29) is 16.5 Å². The molecule has 0 bridgehead atoms. The Morgan fingerprint density at radius 3 is 2.60 bits per heavy atom. The summed E-state index contributed by atoms with van der Waals surface area (Å²) in [6.07, 6.45) is 1.95. The van der Waals surface area contributed by atoms with Gasteiger partial charge in [-0.25, -0.2) is 4.98 Å². The molecular weight excluding hydrogens is 424 g/mol. The molecule has 4 N–H and O–H groups in total. The molecule has 9 heteroatoms. The minimum absolute atomic E-state index is 0.0989. The lowest BCUT2D eigenvalue weighted by Crippen LogP contribution is -2.21. The number of rotatable bonds is 7. The van der Waals surface area contributed by atoms with Crippen LogP contribution >= 0.6 is 22.9 Å². The Labute approximate surface area is 183 Å². The lowest BCUT2D eigenvalue weighted by Gasteiger charge is -2.12. The maximum atomic E-state index is 11.7. The maximum absolute atomic E-state index is 11.7. The van der Waals surface area contributed by atoms with Gasteiger partial charge >= 0.3 is 0 Å². The number of nitrogen functional groups attached to an aromatic ring is 1. The van der Waals surface area contributed by atoms with Gasteiger partial charge in [-0.05, 0) is 37.5 Å². The molecule has 0 radical (unpaired) electrons. The van der Waals surface area contributed by atoms with Crippen LogP contribution in [0.1, 0.15) is 33.8 Å². The Hall–Kier alpha value is -2.84. The number of anilines is 1. The highest BCUT2D eigenvalue weighted by atomic mass is 35.5. The van der Waals surface area contributed by atoms with E-state index < -0.39 is 5.91 Å². The van der Waals surface area contributed by atoms with Crippen molar-refractivity contribution in [2.75, 3.05) is 19.8 Å². The van der Waals surface area contributed by atoms with Crippen molar-refractivity contribution in [1.29, 1.82) is 0 Å². The number of hydrogen-bond acceptors (Lipinski definition) is 6. The zero-order valence-electron chi connectivity index (χ0n) is 17.0. The van der Waals surface area contributed by atoms with Crippen molar-refractivity contribution < 1.29 is 14.3 Å². The molecular formula is C21H23ClN4O3S. The fraction of sp³-hybridized carbons (Fsp3) is 0.286. The molecule has 2 amide bonds. The van der Waals surface area contributed by atoms with Gasteiger partial charge in [0.05, 0.1) is 16.1 Å². The van der Waals surface area contributed by atoms with Crippen LogP contribution in [0.5, 0.6) is 11.5 Å². The minimum atomic E-state index is -0.603. The number of thiophene rings is 1. The molecule has 3 aromatic rings. The number of nitrogens with zero attached hydrogens (tertiary/aromatic N) is 2. The van der Waals surface area contributed by atoms with Crippen molar-refractivity contribution in [2.24, 2.45) is 5.73 Å². The van der Waals surface area contributed by atoms with E-state index in [4.69, 9.17) is 27.8 Å². The molecule has 0 saturated carbocycles. The molecule has 30 heavy (non-hydrogen) atoms. The van der Waals surface area contributed by atoms with Gasteiger partial charge in [0.1, 0.15) is 21.2 Å². The summed E-state index contributed by atoms with van der Waals surface area (Å²) in [4.78, 5) is 30.2. The molecule has 3 rings (SSSR count). The van der Waals surface area contributed by atoms with E-state index in [1.165, 1.54) is 0 Å². The van der Waals surface area contributed by atoms with Crippen LogP contribution in [-0.2, 0) is 11.2 Å². The first-order chi connectivity index (χ1) is 14.2. The van der Waals surface area contributed by atoms with E-state index in [2.05, 4.69) is 4.98 Å². The van der Waals surface area contributed by atoms with Crippen LogP contribution in [0.15, 0.2) is 24.3 Å². The average Bonchev–Trinajstić information content (AvgIpc) is 3.00. The molecule has 0 saturated heterocycles. The van der Waals surface area contributed by atoms with Crippen LogP contribution in [0.3, 0.4) is 0 Å². The average molecular weight is 447 g/mol. The molecule has 0 aliphatic carbocycles. The first kappa shape index (κ1) is 21.9. The number of carbonyl (C=O) groups is 2. The van der Waals surface area contributed by atoms with Gasteiger partial charge in [0.25, 0.3) is 5.91 Å². The molecule has 0 spiro atoms. The molecule has 2 heterocycles. The van der Waals surface area contributed by atoms with Crippen molar-refractivity contribution in [2.45, 2.75) is 26.2 Å². The van der Waals surface area contributed by atoms with Crippen LogP contribution in [-0.4, -0.2) is 35.8 Å².